The molecule has 2 aromatic heterocycles. The second-order valence-corrected chi connectivity index (χ2v) is 7.56. The Kier molecular flexibility index (Phi) is 4.49. The number of fused-ring (bicyclic) bond motifs is 1. The van der Waals surface area contributed by atoms with Gasteiger partial charge in [0.25, 0.3) is 0 Å². The average Bonchev–Trinajstić information content (AvgIpc) is 3.27. The van der Waals surface area contributed by atoms with Gasteiger partial charge in [0, 0.05) is 23.9 Å². The number of carbonyl (C=O) groups excluding carboxylic acids is 1. The third-order valence-electron chi connectivity index (χ3n) is 4.57. The number of rotatable bonds is 4. The number of amides is 1. The summed E-state index contributed by atoms with van der Waals surface area (Å²) in [5, 5.41) is 12.0. The number of aromatic carboxylic acids is 1. The maximum absolute atomic E-state index is 12.6. The van der Waals surface area contributed by atoms with Crippen LogP contribution in [-0.4, -0.2) is 43.4 Å². The van der Waals surface area contributed by atoms with E-state index >= 15 is 0 Å². The van der Waals surface area contributed by atoms with Crippen LogP contribution in [0.25, 0.3) is 11.4 Å². The van der Waals surface area contributed by atoms with Crippen LogP contribution in [0.1, 0.15) is 32.4 Å². The lowest BCUT2D eigenvalue weighted by Gasteiger charge is -2.26. The van der Waals surface area contributed by atoms with E-state index < -0.39 is 5.97 Å². The highest BCUT2D eigenvalue weighted by Gasteiger charge is 2.24. The van der Waals surface area contributed by atoms with E-state index in [2.05, 4.69) is 15.0 Å². The number of hydrogen-bond acceptors (Lipinski definition) is 5. The first kappa shape index (κ1) is 17.4. The van der Waals surface area contributed by atoms with Crippen molar-refractivity contribution in [1.82, 2.24) is 19.9 Å². The lowest BCUT2D eigenvalue weighted by Crippen LogP contribution is -2.37. The van der Waals surface area contributed by atoms with E-state index in [9.17, 15) is 9.59 Å². The number of imidazole rings is 1. The second-order valence-electron chi connectivity index (χ2n) is 6.50. The fourth-order valence-electron chi connectivity index (χ4n) is 3.20. The summed E-state index contributed by atoms with van der Waals surface area (Å²) in [6.07, 6.45) is 0.980. The molecule has 1 aliphatic heterocycles. The number of nitrogens with zero attached hydrogens (tertiary/aromatic N) is 3. The summed E-state index contributed by atoms with van der Waals surface area (Å²) in [6, 6.07) is 6.67. The molecule has 1 aromatic carbocycles. The van der Waals surface area contributed by atoms with E-state index in [1.807, 2.05) is 23.3 Å². The molecule has 0 spiro atoms. The summed E-state index contributed by atoms with van der Waals surface area (Å²) >= 11 is 1.55. The molecule has 0 bridgehead atoms. The minimum Gasteiger partial charge on any atom is -0.478 e. The summed E-state index contributed by atoms with van der Waals surface area (Å²) in [7, 11) is 0. The SMILES string of the molecule is Cc1nc(CC(=O)N2CCc3nc(-c4cccc(C(=O)O)c4)[nH]c3C2)cs1. The zero-order valence-corrected chi connectivity index (χ0v) is 15.5. The van der Waals surface area contributed by atoms with Gasteiger partial charge < -0.3 is 15.0 Å². The quantitative estimate of drug-likeness (QED) is 0.723. The van der Waals surface area contributed by atoms with Crippen molar-refractivity contribution in [1.29, 1.82) is 0 Å². The van der Waals surface area contributed by atoms with Gasteiger partial charge in [-0.1, -0.05) is 12.1 Å². The van der Waals surface area contributed by atoms with E-state index in [0.29, 0.717) is 31.8 Å². The van der Waals surface area contributed by atoms with Gasteiger partial charge in [-0.25, -0.2) is 14.8 Å². The van der Waals surface area contributed by atoms with Crippen LogP contribution >= 0.6 is 11.3 Å². The molecule has 0 saturated carbocycles. The van der Waals surface area contributed by atoms with Gasteiger partial charge in [0.2, 0.25) is 5.91 Å². The zero-order chi connectivity index (χ0) is 19.0. The Balaban J connectivity index is 1.51. The van der Waals surface area contributed by atoms with Crippen molar-refractivity contribution >= 4 is 23.2 Å². The number of hydrogen-bond donors (Lipinski definition) is 2. The zero-order valence-electron chi connectivity index (χ0n) is 14.7. The molecule has 0 saturated heterocycles. The standard InChI is InChI=1S/C19H18N4O3S/c1-11-20-14(10-27-11)8-17(24)23-6-5-15-16(9-23)22-18(21-15)12-3-2-4-13(7-12)19(25)26/h2-4,7,10H,5-6,8-9H2,1H3,(H,21,22)(H,25,26). The number of benzene rings is 1. The van der Waals surface area contributed by atoms with Crippen molar-refractivity contribution in [2.24, 2.45) is 0 Å². The van der Waals surface area contributed by atoms with Crippen LogP contribution < -0.4 is 0 Å². The van der Waals surface area contributed by atoms with Gasteiger partial charge in [0.15, 0.2) is 0 Å². The molecular formula is C19H18N4O3S. The van der Waals surface area contributed by atoms with Crippen LogP contribution in [0.2, 0.25) is 0 Å². The Bertz CT molecular complexity index is 1020. The van der Waals surface area contributed by atoms with Crippen molar-refractivity contribution in [3.8, 4) is 11.4 Å². The molecule has 0 radical (unpaired) electrons. The fraction of sp³-hybridized carbons (Fsp3) is 0.263. The topological polar surface area (TPSA) is 99.2 Å². The van der Waals surface area contributed by atoms with Gasteiger partial charge in [0.1, 0.15) is 5.82 Å². The van der Waals surface area contributed by atoms with E-state index in [-0.39, 0.29) is 11.5 Å². The predicted octanol–water partition coefficient (Wildman–Crippen LogP) is 2.67. The summed E-state index contributed by atoms with van der Waals surface area (Å²) in [4.78, 5) is 37.8. The Hall–Kier alpha value is -3.00. The highest BCUT2D eigenvalue weighted by atomic mass is 32.1. The normalized spacial score (nSPS) is 13.4. The molecule has 1 aliphatic rings. The number of aromatic nitrogens is 3. The highest BCUT2D eigenvalue weighted by molar-refractivity contribution is 7.09. The number of carboxylic acid groups (broad SMARTS) is 1. The first-order chi connectivity index (χ1) is 13.0. The third-order valence-corrected chi connectivity index (χ3v) is 5.39. The van der Waals surface area contributed by atoms with Crippen LogP contribution in [0.4, 0.5) is 0 Å². The molecule has 7 nitrogen and oxygen atoms in total. The van der Waals surface area contributed by atoms with E-state index in [1.54, 1.807) is 29.5 Å². The van der Waals surface area contributed by atoms with Crippen molar-refractivity contribution in [3.63, 3.8) is 0 Å². The van der Waals surface area contributed by atoms with E-state index in [1.165, 1.54) is 0 Å². The number of aryl methyl sites for hydroxylation is 1. The Morgan fingerprint density at radius 1 is 1.33 bits per heavy atom. The molecule has 4 rings (SSSR count). The highest BCUT2D eigenvalue weighted by Crippen LogP contribution is 2.24. The maximum atomic E-state index is 12.6. The number of carboxylic acids is 1. The van der Waals surface area contributed by atoms with Crippen LogP contribution in [0.3, 0.4) is 0 Å². The number of aromatic amines is 1. The molecule has 3 aromatic rings. The first-order valence-electron chi connectivity index (χ1n) is 8.60. The molecule has 2 N–H and O–H groups in total. The van der Waals surface area contributed by atoms with Gasteiger partial charge in [0.05, 0.1) is 40.6 Å². The number of nitrogens with one attached hydrogen (secondary N) is 1. The monoisotopic (exact) mass is 382 g/mol. The van der Waals surface area contributed by atoms with Crippen molar-refractivity contribution in [2.45, 2.75) is 26.3 Å². The molecule has 0 atom stereocenters. The summed E-state index contributed by atoms with van der Waals surface area (Å²) in [5.74, 6) is -0.287. The minimum atomic E-state index is -0.970. The molecule has 8 heteroatoms. The molecule has 138 valence electrons. The van der Waals surface area contributed by atoms with Gasteiger partial charge in [-0.3, -0.25) is 4.79 Å². The second kappa shape index (κ2) is 6.96. The average molecular weight is 382 g/mol. The van der Waals surface area contributed by atoms with E-state index in [0.717, 1.165) is 27.7 Å². The minimum absolute atomic E-state index is 0.0509. The third kappa shape index (κ3) is 3.61. The van der Waals surface area contributed by atoms with Gasteiger partial charge in [-0.05, 0) is 19.1 Å². The van der Waals surface area contributed by atoms with Crippen LogP contribution in [0, 0.1) is 6.92 Å². The number of H-pyrrole nitrogens is 1. The van der Waals surface area contributed by atoms with Crippen LogP contribution in [0.15, 0.2) is 29.6 Å². The largest absolute Gasteiger partial charge is 0.478 e. The van der Waals surface area contributed by atoms with Crippen LogP contribution in [-0.2, 0) is 24.2 Å². The first-order valence-corrected chi connectivity index (χ1v) is 9.48. The van der Waals surface area contributed by atoms with Crippen molar-refractivity contribution < 1.29 is 14.7 Å². The molecule has 27 heavy (non-hydrogen) atoms. The summed E-state index contributed by atoms with van der Waals surface area (Å²) in [5.41, 5.74) is 3.58. The Labute approximate surface area is 159 Å². The lowest BCUT2D eigenvalue weighted by molar-refractivity contribution is -0.131. The smallest absolute Gasteiger partial charge is 0.335 e. The van der Waals surface area contributed by atoms with Crippen LogP contribution in [0.5, 0.6) is 0 Å². The van der Waals surface area contributed by atoms with Crippen molar-refractivity contribution in [3.05, 3.63) is 57.3 Å². The summed E-state index contributed by atoms with van der Waals surface area (Å²) < 4.78 is 0. The van der Waals surface area contributed by atoms with Gasteiger partial charge >= 0.3 is 5.97 Å². The number of carbonyl (C=O) groups is 2. The molecular weight excluding hydrogens is 364 g/mol. The fourth-order valence-corrected chi connectivity index (χ4v) is 3.81. The van der Waals surface area contributed by atoms with Crippen molar-refractivity contribution in [2.75, 3.05) is 6.54 Å². The lowest BCUT2D eigenvalue weighted by atomic mass is 10.1. The predicted molar refractivity (Wildman–Crippen MR) is 101 cm³/mol. The Morgan fingerprint density at radius 3 is 2.93 bits per heavy atom. The van der Waals surface area contributed by atoms with Gasteiger partial charge in [-0.15, -0.1) is 11.3 Å². The molecule has 0 unspecified atom stereocenters. The summed E-state index contributed by atoms with van der Waals surface area (Å²) in [6.45, 7) is 3.02. The van der Waals surface area contributed by atoms with E-state index in [4.69, 9.17) is 5.11 Å². The molecule has 3 heterocycles. The Morgan fingerprint density at radius 2 is 2.19 bits per heavy atom. The van der Waals surface area contributed by atoms with Gasteiger partial charge in [-0.2, -0.15) is 0 Å². The molecule has 0 fully saturated rings. The number of thiazole rings is 1. The molecule has 1 amide bonds. The maximum Gasteiger partial charge on any atom is 0.335 e. The molecule has 0 aliphatic carbocycles.